The minimum Gasteiger partial charge on any atom is -0.496 e. The molecule has 1 amide bonds. The summed E-state index contributed by atoms with van der Waals surface area (Å²) >= 11 is 0. The van der Waals surface area contributed by atoms with Gasteiger partial charge in [-0.25, -0.2) is 0 Å². The number of carbonyl (C=O) groups is 1. The van der Waals surface area contributed by atoms with E-state index in [1.165, 1.54) is 17.7 Å². The van der Waals surface area contributed by atoms with Gasteiger partial charge < -0.3 is 10.1 Å². The highest BCUT2D eigenvalue weighted by molar-refractivity contribution is 5.88. The summed E-state index contributed by atoms with van der Waals surface area (Å²) in [5.74, 6) is 0.864. The maximum Gasteiger partial charge on any atom is 0.217 e. The number of rotatable bonds is 4. The molecule has 2 aromatic rings. The minimum absolute atomic E-state index is 0.00768. The molecule has 0 aliphatic rings. The van der Waals surface area contributed by atoms with Gasteiger partial charge in [0.1, 0.15) is 5.75 Å². The topological polar surface area (TPSA) is 38.3 Å². The Labute approximate surface area is 113 Å². The van der Waals surface area contributed by atoms with E-state index < -0.39 is 0 Å². The third-order valence-electron chi connectivity index (χ3n) is 3.18. The van der Waals surface area contributed by atoms with Crippen LogP contribution in [-0.2, 0) is 11.2 Å². The van der Waals surface area contributed by atoms with Crippen molar-refractivity contribution >= 4 is 16.7 Å². The largest absolute Gasteiger partial charge is 0.496 e. The Kier molecular flexibility index (Phi) is 4.05. The van der Waals surface area contributed by atoms with Crippen LogP contribution in [0.4, 0.5) is 0 Å². The maximum absolute atomic E-state index is 11.1. The second-order valence-electron chi connectivity index (χ2n) is 4.77. The first kappa shape index (κ1) is 13.4. The van der Waals surface area contributed by atoms with E-state index in [0.717, 1.165) is 17.7 Å². The highest BCUT2D eigenvalue weighted by atomic mass is 16.5. The molecule has 19 heavy (non-hydrogen) atoms. The summed E-state index contributed by atoms with van der Waals surface area (Å²) in [6.07, 6.45) is 0.754. The van der Waals surface area contributed by atoms with E-state index in [0.29, 0.717) is 0 Å². The fourth-order valence-corrected chi connectivity index (χ4v) is 2.42. The van der Waals surface area contributed by atoms with Gasteiger partial charge in [0.2, 0.25) is 5.91 Å². The van der Waals surface area contributed by atoms with Crippen molar-refractivity contribution < 1.29 is 9.53 Å². The molecule has 0 aromatic heterocycles. The van der Waals surface area contributed by atoms with Crippen molar-refractivity contribution in [3.8, 4) is 5.75 Å². The highest BCUT2D eigenvalue weighted by Gasteiger charge is 2.12. The maximum atomic E-state index is 11.1. The van der Waals surface area contributed by atoms with E-state index in [2.05, 4.69) is 23.5 Å². The molecule has 3 heteroatoms. The van der Waals surface area contributed by atoms with Crippen LogP contribution in [-0.4, -0.2) is 19.1 Å². The normalized spacial score (nSPS) is 12.2. The number of hydrogen-bond acceptors (Lipinski definition) is 2. The molecule has 100 valence electrons. The molecular formula is C16H19NO2. The summed E-state index contributed by atoms with van der Waals surface area (Å²) in [7, 11) is 1.68. The fraction of sp³-hybridized carbons (Fsp3) is 0.312. The van der Waals surface area contributed by atoms with Crippen LogP contribution in [0.1, 0.15) is 19.4 Å². The molecule has 0 saturated carbocycles. The number of amides is 1. The summed E-state index contributed by atoms with van der Waals surface area (Å²) in [5.41, 5.74) is 1.14. The van der Waals surface area contributed by atoms with Crippen LogP contribution in [0, 0.1) is 0 Å². The van der Waals surface area contributed by atoms with E-state index in [-0.39, 0.29) is 11.9 Å². The molecule has 2 rings (SSSR count). The summed E-state index contributed by atoms with van der Waals surface area (Å²) < 4.78 is 5.45. The lowest BCUT2D eigenvalue weighted by molar-refractivity contribution is -0.119. The van der Waals surface area contributed by atoms with Crippen molar-refractivity contribution in [2.24, 2.45) is 0 Å². The number of methoxy groups -OCH3 is 1. The lowest BCUT2D eigenvalue weighted by atomic mass is 9.98. The Morgan fingerprint density at radius 3 is 2.68 bits per heavy atom. The summed E-state index contributed by atoms with van der Waals surface area (Å²) in [6, 6.07) is 12.3. The van der Waals surface area contributed by atoms with E-state index in [1.807, 2.05) is 25.1 Å². The molecule has 3 nitrogen and oxygen atoms in total. The minimum atomic E-state index is -0.00768. The molecule has 1 atom stereocenters. The number of carbonyl (C=O) groups excluding carboxylic acids is 1. The number of fused-ring (bicyclic) bond motifs is 1. The molecule has 0 radical (unpaired) electrons. The molecule has 0 spiro atoms. The van der Waals surface area contributed by atoms with Gasteiger partial charge in [0, 0.05) is 18.5 Å². The van der Waals surface area contributed by atoms with Gasteiger partial charge in [0.05, 0.1) is 7.11 Å². The second-order valence-corrected chi connectivity index (χ2v) is 4.77. The molecule has 2 aromatic carbocycles. The van der Waals surface area contributed by atoms with Crippen LogP contribution in [0.25, 0.3) is 10.8 Å². The third kappa shape index (κ3) is 3.05. The van der Waals surface area contributed by atoms with Crippen LogP contribution >= 0.6 is 0 Å². The SMILES string of the molecule is COc1ccc2ccccc2c1CC(C)NC(C)=O. The first-order valence-electron chi connectivity index (χ1n) is 6.43. The summed E-state index contributed by atoms with van der Waals surface area (Å²) in [5, 5.41) is 5.28. The van der Waals surface area contributed by atoms with Crippen molar-refractivity contribution in [2.75, 3.05) is 7.11 Å². The zero-order valence-corrected chi connectivity index (χ0v) is 11.6. The smallest absolute Gasteiger partial charge is 0.217 e. The average molecular weight is 257 g/mol. The van der Waals surface area contributed by atoms with Crippen LogP contribution in [0.5, 0.6) is 5.75 Å². The van der Waals surface area contributed by atoms with Crippen molar-refractivity contribution in [3.05, 3.63) is 42.0 Å². The van der Waals surface area contributed by atoms with Gasteiger partial charge in [0.25, 0.3) is 0 Å². The van der Waals surface area contributed by atoms with Gasteiger partial charge >= 0.3 is 0 Å². The molecule has 0 aliphatic heterocycles. The first-order valence-corrected chi connectivity index (χ1v) is 6.43. The van der Waals surface area contributed by atoms with Crippen molar-refractivity contribution in [3.63, 3.8) is 0 Å². The van der Waals surface area contributed by atoms with Gasteiger partial charge in [-0.3, -0.25) is 4.79 Å². The van der Waals surface area contributed by atoms with Gasteiger partial charge in [-0.05, 0) is 30.2 Å². The Balaban J connectivity index is 2.41. The Morgan fingerprint density at radius 2 is 2.00 bits per heavy atom. The standard InChI is InChI=1S/C16H19NO2/c1-11(17-12(2)18)10-15-14-7-5-4-6-13(14)8-9-16(15)19-3/h4-9,11H,10H2,1-3H3,(H,17,18). The molecule has 0 aliphatic carbocycles. The molecule has 0 fully saturated rings. The summed E-state index contributed by atoms with van der Waals surface area (Å²) in [4.78, 5) is 11.1. The lowest BCUT2D eigenvalue weighted by Gasteiger charge is -2.17. The van der Waals surface area contributed by atoms with Gasteiger partial charge in [-0.15, -0.1) is 0 Å². The fourth-order valence-electron chi connectivity index (χ4n) is 2.42. The number of nitrogens with one attached hydrogen (secondary N) is 1. The first-order chi connectivity index (χ1) is 9.11. The van der Waals surface area contributed by atoms with Crippen molar-refractivity contribution in [1.29, 1.82) is 0 Å². The Bertz CT molecular complexity index is 592. The van der Waals surface area contributed by atoms with Gasteiger partial charge in [-0.1, -0.05) is 30.3 Å². The molecule has 0 saturated heterocycles. The van der Waals surface area contributed by atoms with Crippen molar-refractivity contribution in [2.45, 2.75) is 26.3 Å². The predicted octanol–water partition coefficient (Wildman–Crippen LogP) is 2.92. The average Bonchev–Trinajstić information content (AvgIpc) is 2.38. The van der Waals surface area contributed by atoms with Gasteiger partial charge in [-0.2, -0.15) is 0 Å². The Morgan fingerprint density at radius 1 is 1.26 bits per heavy atom. The molecule has 1 N–H and O–H groups in total. The second kappa shape index (κ2) is 5.74. The quantitative estimate of drug-likeness (QED) is 0.914. The molecular weight excluding hydrogens is 238 g/mol. The van der Waals surface area contributed by atoms with E-state index in [1.54, 1.807) is 7.11 Å². The van der Waals surface area contributed by atoms with E-state index >= 15 is 0 Å². The molecule has 0 bridgehead atoms. The zero-order chi connectivity index (χ0) is 13.8. The van der Waals surface area contributed by atoms with Crippen LogP contribution in [0.2, 0.25) is 0 Å². The predicted molar refractivity (Wildman–Crippen MR) is 77.5 cm³/mol. The van der Waals surface area contributed by atoms with Crippen molar-refractivity contribution in [1.82, 2.24) is 5.32 Å². The highest BCUT2D eigenvalue weighted by Crippen LogP contribution is 2.29. The summed E-state index contributed by atoms with van der Waals surface area (Å²) in [6.45, 7) is 3.54. The number of ether oxygens (including phenoxy) is 1. The van der Waals surface area contributed by atoms with Gasteiger partial charge in [0.15, 0.2) is 0 Å². The Hall–Kier alpha value is -2.03. The molecule has 1 unspecified atom stereocenters. The monoisotopic (exact) mass is 257 g/mol. The molecule has 0 heterocycles. The number of benzene rings is 2. The van der Waals surface area contributed by atoms with E-state index in [9.17, 15) is 4.79 Å². The third-order valence-corrected chi connectivity index (χ3v) is 3.18. The lowest BCUT2D eigenvalue weighted by Crippen LogP contribution is -2.32. The van der Waals surface area contributed by atoms with E-state index in [4.69, 9.17) is 4.74 Å². The zero-order valence-electron chi connectivity index (χ0n) is 11.6. The van der Waals surface area contributed by atoms with Crippen LogP contribution < -0.4 is 10.1 Å². The number of hydrogen-bond donors (Lipinski definition) is 1. The van der Waals surface area contributed by atoms with Crippen LogP contribution in [0.15, 0.2) is 36.4 Å². The van der Waals surface area contributed by atoms with Crippen LogP contribution in [0.3, 0.4) is 0 Å².